The Hall–Kier alpha value is -13.8. The molecule has 20 rings (SSSR count). The van der Waals surface area contributed by atoms with E-state index in [1.165, 1.54) is 0 Å². The fourth-order valence-corrected chi connectivity index (χ4v) is 15.3. The summed E-state index contributed by atoms with van der Waals surface area (Å²) in [6.45, 7) is 0. The summed E-state index contributed by atoms with van der Waals surface area (Å²) < 4.78 is 4.86. The Morgan fingerprint density at radius 2 is 0.500 bits per heavy atom. The second-order valence-electron chi connectivity index (χ2n) is 25.2. The summed E-state index contributed by atoms with van der Waals surface area (Å²) in [7, 11) is 0. The number of hydrogen-bond donors (Lipinski definition) is 0. The number of rotatable bonds is 14. The molecule has 20 aromatic rings. The van der Waals surface area contributed by atoms with E-state index in [9.17, 15) is 0 Å². The largest absolute Gasteiger partial charge is 0.310 e. The highest BCUT2D eigenvalue weighted by Gasteiger charge is 2.33. The predicted octanol–water partition coefficient (Wildman–Crippen LogP) is 22.7. The van der Waals surface area contributed by atoms with Crippen LogP contribution in [-0.4, -0.2) is 38.7 Å². The van der Waals surface area contributed by atoms with Crippen LogP contribution in [0.2, 0.25) is 0 Å². The number of benzene rings is 11. The van der Waals surface area contributed by atoms with Crippen molar-refractivity contribution >= 4 is 156 Å². The van der Waals surface area contributed by atoms with E-state index in [0.717, 1.165) is 167 Å². The maximum absolute atomic E-state index is 6.09. The number of hydrogen-bond acceptors (Lipinski definition) is 10. The Bertz CT molecular complexity index is 5880. The molecule has 0 spiro atoms. The fourth-order valence-electron chi connectivity index (χ4n) is 15.3. The number of pyridine rings is 4. The minimum atomic E-state index is 0.682. The third-order valence-corrected chi connectivity index (χ3v) is 19.4. The summed E-state index contributed by atoms with van der Waals surface area (Å²) in [6.07, 6.45) is 11.4. The zero-order valence-electron chi connectivity index (χ0n) is 53.7. The molecular formula is C88H56N12. The van der Waals surface area contributed by atoms with Crippen LogP contribution in [0, 0.1) is 0 Å². The monoisotopic (exact) mass is 1280 g/mol. The van der Waals surface area contributed by atoms with Crippen molar-refractivity contribution in [2.75, 3.05) is 19.6 Å². The molecule has 12 heteroatoms. The van der Waals surface area contributed by atoms with Crippen LogP contribution < -0.4 is 19.6 Å². The van der Waals surface area contributed by atoms with E-state index in [1.54, 1.807) is 12.4 Å². The quantitative estimate of drug-likeness (QED) is 0.105. The highest BCUT2D eigenvalue weighted by atomic mass is 15.2. The zero-order valence-corrected chi connectivity index (χ0v) is 53.7. The molecule has 12 nitrogen and oxygen atoms in total. The lowest BCUT2D eigenvalue weighted by Crippen LogP contribution is -2.10. The first kappa shape index (κ1) is 56.5. The van der Waals surface area contributed by atoms with Crippen molar-refractivity contribution in [3.63, 3.8) is 0 Å². The van der Waals surface area contributed by atoms with Crippen LogP contribution in [0.3, 0.4) is 0 Å². The Morgan fingerprint density at radius 1 is 0.230 bits per heavy atom. The van der Waals surface area contributed by atoms with Crippen molar-refractivity contribution in [2.45, 2.75) is 0 Å². The molecule has 0 radical (unpaired) electrons. The van der Waals surface area contributed by atoms with Crippen LogP contribution in [0.1, 0.15) is 0 Å². The lowest BCUT2D eigenvalue weighted by atomic mass is 9.99. The molecule has 0 fully saturated rings. The van der Waals surface area contributed by atoms with Crippen molar-refractivity contribution in [3.05, 3.63) is 340 Å². The van der Waals surface area contributed by atoms with Crippen LogP contribution in [-0.2, 0) is 0 Å². The minimum Gasteiger partial charge on any atom is -0.310 e. The third-order valence-electron chi connectivity index (χ3n) is 19.4. The SMILES string of the molecule is c1ccc(N(c2ccccc2)c2cnc3c(c2)c2cc(N(c4ccccc4)c4ccccc4)cc4c5c6nc(-c7cccnc7)c(-c7cccnc7)nc6c6c7cc(N(c8ccccc8)c8ccccc8)cc8c9cc(N(c%10ccccc%10)c%10ccccc%10)cnc9n(c87)c6c5n3c24)cc1. The maximum Gasteiger partial charge on any atom is 0.145 e. The van der Waals surface area contributed by atoms with E-state index in [-0.39, 0.29) is 0 Å². The first-order valence-corrected chi connectivity index (χ1v) is 33.5. The highest BCUT2D eigenvalue weighted by molar-refractivity contribution is 6.40. The molecule has 0 bridgehead atoms. The molecule has 0 saturated heterocycles. The number of fused-ring (bicyclic) bond motifs is 16. The fraction of sp³-hybridized carbons (Fsp3) is 0. The van der Waals surface area contributed by atoms with Crippen LogP contribution in [0.5, 0.6) is 0 Å². The van der Waals surface area contributed by atoms with Gasteiger partial charge in [0.05, 0.1) is 57.2 Å². The van der Waals surface area contributed by atoms with Gasteiger partial charge in [-0.15, -0.1) is 0 Å². The van der Waals surface area contributed by atoms with Gasteiger partial charge in [-0.25, -0.2) is 19.9 Å². The molecule has 0 aliphatic carbocycles. The van der Waals surface area contributed by atoms with Crippen molar-refractivity contribution in [3.8, 4) is 22.5 Å². The highest BCUT2D eigenvalue weighted by Crippen LogP contribution is 2.54. The first-order valence-electron chi connectivity index (χ1n) is 33.5. The normalized spacial score (nSPS) is 11.8. The molecule has 468 valence electrons. The van der Waals surface area contributed by atoms with Gasteiger partial charge in [0.15, 0.2) is 0 Å². The summed E-state index contributed by atoms with van der Waals surface area (Å²) >= 11 is 0. The molecule has 0 aliphatic heterocycles. The maximum atomic E-state index is 6.09. The topological polar surface area (TPSA) is 99.1 Å². The summed E-state index contributed by atoms with van der Waals surface area (Å²) in [5.41, 5.74) is 21.7. The van der Waals surface area contributed by atoms with E-state index in [1.807, 2.05) is 36.9 Å². The zero-order chi connectivity index (χ0) is 65.8. The molecule has 0 saturated carbocycles. The molecule has 100 heavy (non-hydrogen) atoms. The number of aromatic nitrogens is 8. The van der Waals surface area contributed by atoms with Gasteiger partial charge in [0.1, 0.15) is 22.3 Å². The smallest absolute Gasteiger partial charge is 0.145 e. The van der Waals surface area contributed by atoms with Crippen molar-refractivity contribution in [1.82, 2.24) is 38.7 Å². The number of para-hydroxylation sites is 8. The Balaban J connectivity index is 1.01. The van der Waals surface area contributed by atoms with Crippen LogP contribution in [0.4, 0.5) is 68.2 Å². The molecule has 0 atom stereocenters. The van der Waals surface area contributed by atoms with E-state index in [2.05, 4.69) is 320 Å². The van der Waals surface area contributed by atoms with Gasteiger partial charge in [-0.3, -0.25) is 18.8 Å². The molecule has 9 heterocycles. The molecule has 0 amide bonds. The van der Waals surface area contributed by atoms with Gasteiger partial charge in [-0.05, 0) is 158 Å². The second kappa shape index (κ2) is 22.9. The summed E-state index contributed by atoms with van der Waals surface area (Å²) in [5, 5.41) is 7.81. The van der Waals surface area contributed by atoms with Gasteiger partial charge in [0.2, 0.25) is 0 Å². The molecule has 11 aromatic carbocycles. The van der Waals surface area contributed by atoms with Gasteiger partial charge >= 0.3 is 0 Å². The van der Waals surface area contributed by atoms with Crippen LogP contribution >= 0.6 is 0 Å². The molecule has 0 aliphatic rings. The van der Waals surface area contributed by atoms with Crippen molar-refractivity contribution < 1.29 is 0 Å². The summed E-state index contributed by atoms with van der Waals surface area (Å²) in [5.74, 6) is 0. The summed E-state index contributed by atoms with van der Waals surface area (Å²) in [6, 6.07) is 107. The lowest BCUT2D eigenvalue weighted by molar-refractivity contribution is 1.21. The Morgan fingerprint density at radius 3 is 0.780 bits per heavy atom. The van der Waals surface area contributed by atoms with Gasteiger partial charge < -0.3 is 19.6 Å². The standard InChI is InChI=1S/C88H56N12/c1-9-29-59(30-10-1)95(60-31-11-2-12-32-60)67-47-71-73-51-69(97(63-37-17-5-18-38-63)64-39-19-6-20-40-64)55-91-87(73)99-83(71)75(49-67)77-81-82(94-80(58-28-26-46-90-54-58)79(93-81)57-27-25-45-89-53-57)78-76-50-68(96(61-33-13-3-14-34-61)62-35-15-4-16-36-62)48-72-74-52-70(56-92-88(74)100(84(72)76)86(78)85(77)99)98(65-41-21-7-22-42-65)66-43-23-8-24-44-66/h1-56H. The van der Waals surface area contributed by atoms with Gasteiger partial charge in [0, 0.05) is 136 Å². The molecule has 0 N–H and O–H groups in total. The van der Waals surface area contributed by atoms with E-state index < -0.39 is 0 Å². The van der Waals surface area contributed by atoms with Crippen molar-refractivity contribution in [1.29, 1.82) is 0 Å². The van der Waals surface area contributed by atoms with E-state index in [4.69, 9.17) is 29.9 Å². The number of nitrogens with zero attached hydrogens (tertiary/aromatic N) is 12. The van der Waals surface area contributed by atoms with E-state index in [0.29, 0.717) is 11.4 Å². The van der Waals surface area contributed by atoms with Crippen LogP contribution in [0.25, 0.3) is 110 Å². The Kier molecular flexibility index (Phi) is 13.0. The number of anilines is 12. The first-order chi connectivity index (χ1) is 49.7. The third kappa shape index (κ3) is 8.87. The van der Waals surface area contributed by atoms with Gasteiger partial charge in [0.25, 0.3) is 0 Å². The average Bonchev–Trinajstić information content (AvgIpc) is 1.49. The molecular weight excluding hydrogens is 1230 g/mol. The van der Waals surface area contributed by atoms with E-state index >= 15 is 0 Å². The predicted molar refractivity (Wildman–Crippen MR) is 410 cm³/mol. The second-order valence-corrected chi connectivity index (χ2v) is 25.2. The molecule has 9 aromatic heterocycles. The summed E-state index contributed by atoms with van der Waals surface area (Å²) in [4.78, 5) is 42.5. The lowest BCUT2D eigenvalue weighted by Gasteiger charge is -2.26. The van der Waals surface area contributed by atoms with Crippen LogP contribution in [0.15, 0.2) is 340 Å². The Labute approximate surface area is 573 Å². The van der Waals surface area contributed by atoms with Gasteiger partial charge in [-0.2, -0.15) is 0 Å². The minimum absolute atomic E-state index is 0.682. The van der Waals surface area contributed by atoms with Gasteiger partial charge in [-0.1, -0.05) is 146 Å². The average molecular weight is 1280 g/mol. The molecule has 0 unspecified atom stereocenters. The van der Waals surface area contributed by atoms with Crippen molar-refractivity contribution in [2.24, 2.45) is 0 Å².